The lowest BCUT2D eigenvalue weighted by Gasteiger charge is -2.37. The van der Waals surface area contributed by atoms with Gasteiger partial charge >= 0.3 is 0 Å². The Balaban J connectivity index is 1.29. The van der Waals surface area contributed by atoms with Gasteiger partial charge in [-0.15, -0.1) is 0 Å². The van der Waals surface area contributed by atoms with Gasteiger partial charge in [-0.3, -0.25) is 0 Å². The molecule has 0 amide bonds. The maximum Gasteiger partial charge on any atom is 0.232 e. The zero-order chi connectivity index (χ0) is 24.0. The van der Waals surface area contributed by atoms with Crippen LogP contribution in [0.3, 0.4) is 0 Å². The van der Waals surface area contributed by atoms with Crippen LogP contribution in [0.25, 0.3) is 0 Å². The highest BCUT2D eigenvalue weighted by molar-refractivity contribution is 7.80. The van der Waals surface area contributed by atoms with E-state index in [-0.39, 0.29) is 6.10 Å². The fourth-order valence-electron chi connectivity index (χ4n) is 5.19. The topological polar surface area (TPSA) is 68.8 Å². The molecule has 2 N–H and O–H groups in total. The van der Waals surface area contributed by atoms with Crippen molar-refractivity contribution in [2.75, 3.05) is 72.4 Å². The fraction of sp³-hybridized carbons (Fsp3) is 0.577. The van der Waals surface area contributed by atoms with Crippen LogP contribution < -0.4 is 25.3 Å². The molecular weight excluding hydrogens is 458 g/mol. The van der Waals surface area contributed by atoms with Gasteiger partial charge in [0.1, 0.15) is 11.6 Å². The quantitative estimate of drug-likeness (QED) is 0.586. The number of piperidine rings is 1. The van der Waals surface area contributed by atoms with Gasteiger partial charge in [-0.1, -0.05) is 25.1 Å². The molecule has 3 fully saturated rings. The Hall–Kier alpha value is -2.65. The predicted molar refractivity (Wildman–Crippen MR) is 147 cm³/mol. The van der Waals surface area contributed by atoms with E-state index < -0.39 is 0 Å². The summed E-state index contributed by atoms with van der Waals surface area (Å²) in [5.41, 5.74) is 1.28. The van der Waals surface area contributed by atoms with Gasteiger partial charge in [0.05, 0.1) is 6.10 Å². The predicted octanol–water partition coefficient (Wildman–Crippen LogP) is 3.50. The summed E-state index contributed by atoms with van der Waals surface area (Å²) >= 11 is 5.57. The molecule has 3 saturated heterocycles. The van der Waals surface area contributed by atoms with Crippen molar-refractivity contribution in [1.29, 1.82) is 0 Å². The maximum absolute atomic E-state index is 5.70. The summed E-state index contributed by atoms with van der Waals surface area (Å²) in [4.78, 5) is 17.0. The summed E-state index contributed by atoms with van der Waals surface area (Å²) in [6.45, 7) is 9.70. The highest BCUT2D eigenvalue weighted by Crippen LogP contribution is 2.27. The molecule has 8 nitrogen and oxygen atoms in total. The molecule has 3 aliphatic rings. The third-order valence-electron chi connectivity index (χ3n) is 7.14. The smallest absolute Gasteiger partial charge is 0.232 e. The number of nitrogens with one attached hydrogen (secondary N) is 2. The van der Waals surface area contributed by atoms with Crippen LogP contribution in [0.4, 0.5) is 23.3 Å². The van der Waals surface area contributed by atoms with Crippen molar-refractivity contribution in [1.82, 2.24) is 15.3 Å². The number of thiocarbonyl (C=S) groups is 1. The minimum Gasteiger partial charge on any atom is -0.376 e. The number of aromatic nitrogens is 2. The van der Waals surface area contributed by atoms with Gasteiger partial charge in [0.2, 0.25) is 5.95 Å². The summed E-state index contributed by atoms with van der Waals surface area (Å²) < 4.78 is 5.70. The molecule has 2 aromatic rings. The number of para-hydroxylation sites is 1. The van der Waals surface area contributed by atoms with Gasteiger partial charge in [-0.25, -0.2) is 0 Å². The van der Waals surface area contributed by atoms with Crippen molar-refractivity contribution in [2.24, 2.45) is 5.92 Å². The molecule has 4 heterocycles. The van der Waals surface area contributed by atoms with Crippen LogP contribution in [0.5, 0.6) is 0 Å². The Morgan fingerprint density at radius 1 is 0.971 bits per heavy atom. The Bertz CT molecular complexity index is 977. The summed E-state index contributed by atoms with van der Waals surface area (Å²) in [5.74, 6) is 3.18. The lowest BCUT2D eigenvalue weighted by Crippen LogP contribution is -2.47. The van der Waals surface area contributed by atoms with Crippen molar-refractivity contribution >= 4 is 40.6 Å². The summed E-state index contributed by atoms with van der Waals surface area (Å²) in [6, 6.07) is 12.8. The number of rotatable bonds is 6. The number of benzene rings is 1. The normalized spacial score (nSPS) is 22.8. The van der Waals surface area contributed by atoms with Crippen molar-refractivity contribution in [3.05, 3.63) is 36.4 Å². The van der Waals surface area contributed by atoms with E-state index in [1.165, 1.54) is 18.5 Å². The van der Waals surface area contributed by atoms with E-state index in [9.17, 15) is 0 Å². The SMILES string of the molecule is C[C@@H]1CCCN(c2cc(N3CCN(c4ccccc4)CC3)nc(NC(=S)NC[C@H]3CCCO3)n2)C1. The first-order valence-corrected chi connectivity index (χ1v) is 13.4. The molecule has 188 valence electrons. The summed E-state index contributed by atoms with van der Waals surface area (Å²) in [5, 5.41) is 7.08. The Labute approximate surface area is 214 Å². The number of nitrogens with zero attached hydrogens (tertiary/aromatic N) is 5. The van der Waals surface area contributed by atoms with Crippen LogP contribution in [0.2, 0.25) is 0 Å². The second-order valence-electron chi connectivity index (χ2n) is 9.88. The second kappa shape index (κ2) is 11.4. The molecule has 1 aromatic carbocycles. The fourth-order valence-corrected chi connectivity index (χ4v) is 5.36. The monoisotopic (exact) mass is 495 g/mol. The Morgan fingerprint density at radius 2 is 1.71 bits per heavy atom. The Morgan fingerprint density at radius 3 is 2.43 bits per heavy atom. The van der Waals surface area contributed by atoms with Gasteiger partial charge in [-0.2, -0.15) is 9.97 Å². The number of piperazine rings is 1. The first-order chi connectivity index (χ1) is 17.1. The largest absolute Gasteiger partial charge is 0.376 e. The van der Waals surface area contributed by atoms with Gasteiger partial charge in [0, 0.05) is 64.2 Å². The van der Waals surface area contributed by atoms with Crippen LogP contribution >= 0.6 is 12.2 Å². The van der Waals surface area contributed by atoms with E-state index >= 15 is 0 Å². The molecule has 0 aliphatic carbocycles. The average molecular weight is 496 g/mol. The molecule has 0 spiro atoms. The number of hydrogen-bond donors (Lipinski definition) is 2. The molecule has 2 atom stereocenters. The first-order valence-electron chi connectivity index (χ1n) is 13.0. The standard InChI is InChI=1S/C26H37N7OS/c1-20-7-5-11-33(19-20)24-17-23(32-14-12-31(13-15-32)21-8-3-2-4-9-21)28-25(29-24)30-26(35)27-18-22-10-6-16-34-22/h2-4,8-9,17,20,22H,5-7,10-16,18-19H2,1H3,(H2,27,28,29,30,35)/t20-,22-/m1/s1. The summed E-state index contributed by atoms with van der Waals surface area (Å²) in [6.07, 6.45) is 4.90. The molecule has 9 heteroatoms. The van der Waals surface area contributed by atoms with Gasteiger partial charge in [-0.05, 0) is 56.0 Å². The minimum absolute atomic E-state index is 0.230. The molecule has 3 aliphatic heterocycles. The van der Waals surface area contributed by atoms with E-state index in [0.29, 0.717) is 23.5 Å². The Kier molecular flexibility index (Phi) is 7.83. The van der Waals surface area contributed by atoms with Crippen molar-refractivity contribution in [2.45, 2.75) is 38.7 Å². The molecular formula is C26H37N7OS. The second-order valence-corrected chi connectivity index (χ2v) is 10.3. The zero-order valence-corrected chi connectivity index (χ0v) is 21.5. The van der Waals surface area contributed by atoms with E-state index in [1.54, 1.807) is 0 Å². The minimum atomic E-state index is 0.230. The van der Waals surface area contributed by atoms with Crippen LogP contribution in [-0.4, -0.2) is 73.6 Å². The highest BCUT2D eigenvalue weighted by Gasteiger charge is 2.23. The molecule has 0 bridgehead atoms. The van der Waals surface area contributed by atoms with E-state index in [0.717, 1.165) is 70.4 Å². The van der Waals surface area contributed by atoms with E-state index in [4.69, 9.17) is 26.9 Å². The van der Waals surface area contributed by atoms with Crippen LogP contribution in [0, 0.1) is 5.92 Å². The molecule has 0 radical (unpaired) electrons. The lowest BCUT2D eigenvalue weighted by molar-refractivity contribution is 0.114. The van der Waals surface area contributed by atoms with Gasteiger partial charge in [0.25, 0.3) is 0 Å². The van der Waals surface area contributed by atoms with Gasteiger partial charge in [0.15, 0.2) is 5.11 Å². The van der Waals surface area contributed by atoms with Crippen molar-refractivity contribution < 1.29 is 4.74 Å². The average Bonchev–Trinajstić information content (AvgIpc) is 3.42. The van der Waals surface area contributed by atoms with Crippen LogP contribution in [0.15, 0.2) is 36.4 Å². The van der Waals surface area contributed by atoms with E-state index in [2.05, 4.69) is 68.7 Å². The van der Waals surface area contributed by atoms with E-state index in [1.807, 2.05) is 0 Å². The molecule has 0 unspecified atom stereocenters. The number of ether oxygens (including phenoxy) is 1. The number of hydrogen-bond acceptors (Lipinski definition) is 7. The lowest BCUT2D eigenvalue weighted by atomic mass is 10.0. The number of anilines is 4. The maximum atomic E-state index is 5.70. The highest BCUT2D eigenvalue weighted by atomic mass is 32.1. The van der Waals surface area contributed by atoms with Crippen molar-refractivity contribution in [3.8, 4) is 0 Å². The van der Waals surface area contributed by atoms with Gasteiger partial charge < -0.3 is 30.1 Å². The third kappa shape index (κ3) is 6.32. The van der Waals surface area contributed by atoms with Crippen LogP contribution in [-0.2, 0) is 4.74 Å². The molecule has 5 rings (SSSR count). The van der Waals surface area contributed by atoms with Crippen molar-refractivity contribution in [3.63, 3.8) is 0 Å². The zero-order valence-electron chi connectivity index (χ0n) is 20.7. The molecule has 1 aromatic heterocycles. The molecule has 35 heavy (non-hydrogen) atoms. The third-order valence-corrected chi connectivity index (χ3v) is 7.39. The van der Waals surface area contributed by atoms with Crippen LogP contribution in [0.1, 0.15) is 32.6 Å². The molecule has 0 saturated carbocycles. The first kappa shape index (κ1) is 24.1. The summed E-state index contributed by atoms with van der Waals surface area (Å²) in [7, 11) is 0.